The first-order chi connectivity index (χ1) is 14.2. The molecule has 158 valence electrons. The fourth-order valence-electron chi connectivity index (χ4n) is 3.03. The number of nitrogens with one attached hydrogen (secondary N) is 1. The Morgan fingerprint density at radius 1 is 1.10 bits per heavy atom. The van der Waals surface area contributed by atoms with Crippen LogP contribution >= 0.6 is 11.8 Å². The number of thioether (sulfide) groups is 1. The third-order valence-corrected chi connectivity index (χ3v) is 5.06. The van der Waals surface area contributed by atoms with Crippen LogP contribution in [0.25, 0.3) is 5.69 Å². The largest absolute Gasteiger partial charge is 0.433 e. The van der Waals surface area contributed by atoms with Crippen LogP contribution in [0.3, 0.4) is 0 Å². The second-order valence-electron chi connectivity index (χ2n) is 6.58. The summed E-state index contributed by atoms with van der Waals surface area (Å²) in [6, 6.07) is 6.95. The fourth-order valence-corrected chi connectivity index (χ4v) is 3.49. The minimum Gasteiger partial charge on any atom is -0.326 e. The number of benzene rings is 1. The highest BCUT2D eigenvalue weighted by Gasteiger charge is 2.35. The van der Waals surface area contributed by atoms with Gasteiger partial charge in [-0.25, -0.2) is 14.6 Å². The summed E-state index contributed by atoms with van der Waals surface area (Å²) in [5.74, 6) is -0.203. The number of aryl methyl sites for hydroxylation is 2. The predicted molar refractivity (Wildman–Crippen MR) is 109 cm³/mol. The number of rotatable bonds is 6. The molecule has 0 saturated heterocycles. The smallest absolute Gasteiger partial charge is 0.326 e. The number of halogens is 3. The summed E-state index contributed by atoms with van der Waals surface area (Å²) in [6.45, 7) is 3.79. The molecule has 2 aromatic heterocycles. The van der Waals surface area contributed by atoms with Gasteiger partial charge in [-0.3, -0.25) is 4.79 Å². The Bertz CT molecular complexity index is 1020. The monoisotopic (exact) mass is 435 g/mol. The van der Waals surface area contributed by atoms with Crippen molar-refractivity contribution in [1.82, 2.24) is 19.7 Å². The molecule has 2 heterocycles. The van der Waals surface area contributed by atoms with E-state index in [-0.39, 0.29) is 18.0 Å². The van der Waals surface area contributed by atoms with Crippen LogP contribution in [-0.4, -0.2) is 31.9 Å². The van der Waals surface area contributed by atoms with Crippen molar-refractivity contribution in [2.24, 2.45) is 0 Å². The van der Waals surface area contributed by atoms with Gasteiger partial charge in [-0.05, 0) is 62.4 Å². The molecule has 10 heteroatoms. The maximum atomic E-state index is 13.0. The summed E-state index contributed by atoms with van der Waals surface area (Å²) in [7, 11) is 0. The van der Waals surface area contributed by atoms with Crippen LogP contribution in [0.1, 0.15) is 29.1 Å². The van der Waals surface area contributed by atoms with Gasteiger partial charge in [0.25, 0.3) is 0 Å². The molecule has 0 aliphatic rings. The molecule has 1 N–H and O–H groups in total. The number of hydrogen-bond acceptors (Lipinski definition) is 5. The molecule has 0 aliphatic heterocycles. The molecule has 3 aromatic rings. The fraction of sp³-hybridized carbons (Fsp3) is 0.300. The number of carbonyl (C=O) groups excluding carboxylic acids is 1. The van der Waals surface area contributed by atoms with Gasteiger partial charge in [0.1, 0.15) is 5.69 Å². The molecule has 0 unspecified atom stereocenters. The van der Waals surface area contributed by atoms with Crippen LogP contribution in [-0.2, 0) is 17.4 Å². The molecule has 3 rings (SSSR count). The summed E-state index contributed by atoms with van der Waals surface area (Å²) < 4.78 is 39.9. The van der Waals surface area contributed by atoms with E-state index in [0.29, 0.717) is 17.3 Å². The maximum absolute atomic E-state index is 13.0. The molecule has 0 radical (unpaired) electrons. The standard InChI is InChI=1S/C20H20F3N5OS/c1-12-16(13(2)26-19(25-12)30-3)8-9-18(29)27-14-4-6-15(7-5-14)28-17(10-11-24-28)20(21,22)23/h4-7,10-11H,8-9H2,1-3H3,(H,27,29). The van der Waals surface area contributed by atoms with Gasteiger partial charge in [-0.15, -0.1) is 0 Å². The topological polar surface area (TPSA) is 72.7 Å². The van der Waals surface area contributed by atoms with E-state index in [1.165, 1.54) is 23.9 Å². The van der Waals surface area contributed by atoms with Gasteiger partial charge in [0.2, 0.25) is 5.91 Å². The lowest BCUT2D eigenvalue weighted by molar-refractivity contribution is -0.142. The highest BCUT2D eigenvalue weighted by Crippen LogP contribution is 2.30. The first-order valence-electron chi connectivity index (χ1n) is 9.08. The Hall–Kier alpha value is -2.88. The number of hydrogen-bond donors (Lipinski definition) is 1. The minimum absolute atomic E-state index is 0.203. The average molecular weight is 435 g/mol. The lowest BCUT2D eigenvalue weighted by Gasteiger charge is -2.12. The van der Waals surface area contributed by atoms with Crippen molar-refractivity contribution >= 4 is 23.4 Å². The van der Waals surface area contributed by atoms with Gasteiger partial charge in [-0.1, -0.05) is 11.8 Å². The van der Waals surface area contributed by atoms with Crippen LogP contribution in [0.2, 0.25) is 0 Å². The highest BCUT2D eigenvalue weighted by atomic mass is 32.2. The zero-order chi connectivity index (χ0) is 21.9. The molecule has 1 aromatic carbocycles. The van der Waals surface area contributed by atoms with Crippen molar-refractivity contribution in [2.75, 3.05) is 11.6 Å². The third kappa shape index (κ3) is 4.99. The van der Waals surface area contributed by atoms with E-state index in [9.17, 15) is 18.0 Å². The molecule has 0 atom stereocenters. The van der Waals surface area contributed by atoms with E-state index >= 15 is 0 Å². The number of anilines is 1. The number of carbonyl (C=O) groups is 1. The van der Waals surface area contributed by atoms with Gasteiger partial charge in [-0.2, -0.15) is 18.3 Å². The van der Waals surface area contributed by atoms with Gasteiger partial charge < -0.3 is 5.32 Å². The lowest BCUT2D eigenvalue weighted by atomic mass is 10.1. The summed E-state index contributed by atoms with van der Waals surface area (Å²) in [5, 5.41) is 7.18. The highest BCUT2D eigenvalue weighted by molar-refractivity contribution is 7.98. The zero-order valence-corrected chi connectivity index (χ0v) is 17.4. The van der Waals surface area contributed by atoms with Crippen molar-refractivity contribution in [1.29, 1.82) is 0 Å². The Kier molecular flexibility index (Phi) is 6.45. The molecule has 0 bridgehead atoms. The number of nitrogens with zero attached hydrogens (tertiary/aromatic N) is 4. The molecular formula is C20H20F3N5OS. The maximum Gasteiger partial charge on any atom is 0.433 e. The Labute approximate surface area is 175 Å². The van der Waals surface area contributed by atoms with E-state index in [4.69, 9.17) is 0 Å². The molecule has 0 fully saturated rings. The van der Waals surface area contributed by atoms with Crippen molar-refractivity contribution in [3.05, 3.63) is 59.2 Å². The minimum atomic E-state index is -4.50. The predicted octanol–water partition coefficient (Wildman–Crippen LogP) is 4.59. The van der Waals surface area contributed by atoms with Crippen LogP contribution in [0.5, 0.6) is 0 Å². The third-order valence-electron chi connectivity index (χ3n) is 4.51. The molecule has 6 nitrogen and oxygen atoms in total. The van der Waals surface area contributed by atoms with Crippen molar-refractivity contribution in [2.45, 2.75) is 38.0 Å². The molecule has 0 aliphatic carbocycles. The van der Waals surface area contributed by atoms with Gasteiger partial charge in [0, 0.05) is 23.5 Å². The first-order valence-corrected chi connectivity index (χ1v) is 10.3. The molecular weight excluding hydrogens is 415 g/mol. The number of alkyl halides is 3. The second kappa shape index (κ2) is 8.86. The van der Waals surface area contributed by atoms with Crippen LogP contribution < -0.4 is 5.32 Å². The summed E-state index contributed by atoms with van der Waals surface area (Å²) in [4.78, 5) is 21.1. The normalized spacial score (nSPS) is 11.5. The van der Waals surface area contributed by atoms with Crippen LogP contribution in [0.15, 0.2) is 41.7 Å². The summed E-state index contributed by atoms with van der Waals surface area (Å²) in [6.07, 6.45) is -0.764. The quantitative estimate of drug-likeness (QED) is 0.453. The second-order valence-corrected chi connectivity index (χ2v) is 7.35. The van der Waals surface area contributed by atoms with Crippen molar-refractivity contribution < 1.29 is 18.0 Å². The summed E-state index contributed by atoms with van der Waals surface area (Å²) >= 11 is 1.46. The van der Waals surface area contributed by atoms with Gasteiger partial charge >= 0.3 is 6.18 Å². The lowest BCUT2D eigenvalue weighted by Crippen LogP contribution is -2.14. The molecule has 1 amide bonds. The van der Waals surface area contributed by atoms with E-state index in [1.54, 1.807) is 12.1 Å². The Morgan fingerprint density at radius 2 is 1.73 bits per heavy atom. The van der Waals surface area contributed by atoms with E-state index in [1.807, 2.05) is 20.1 Å². The van der Waals surface area contributed by atoms with E-state index < -0.39 is 11.9 Å². The number of aromatic nitrogens is 4. The van der Waals surface area contributed by atoms with E-state index in [0.717, 1.165) is 33.9 Å². The SMILES string of the molecule is CSc1nc(C)c(CCC(=O)Nc2ccc(-n3nccc3C(F)(F)F)cc2)c(C)n1. The van der Waals surface area contributed by atoms with Crippen LogP contribution in [0.4, 0.5) is 18.9 Å². The average Bonchev–Trinajstić information content (AvgIpc) is 3.18. The summed E-state index contributed by atoms with van der Waals surface area (Å²) in [5.41, 5.74) is 2.53. The zero-order valence-electron chi connectivity index (χ0n) is 16.6. The first kappa shape index (κ1) is 21.8. The Balaban J connectivity index is 1.64. The van der Waals surface area contributed by atoms with Gasteiger partial charge in [0.05, 0.1) is 11.9 Å². The molecule has 30 heavy (non-hydrogen) atoms. The Morgan fingerprint density at radius 3 is 2.30 bits per heavy atom. The molecule has 0 spiro atoms. The number of amides is 1. The van der Waals surface area contributed by atoms with Gasteiger partial charge in [0.15, 0.2) is 5.16 Å². The van der Waals surface area contributed by atoms with Crippen molar-refractivity contribution in [3.8, 4) is 5.69 Å². The molecule has 0 saturated carbocycles. The van der Waals surface area contributed by atoms with E-state index in [2.05, 4.69) is 20.4 Å². The van der Waals surface area contributed by atoms with Crippen molar-refractivity contribution in [3.63, 3.8) is 0 Å². The van der Waals surface area contributed by atoms with Crippen LogP contribution in [0, 0.1) is 13.8 Å².